The summed E-state index contributed by atoms with van der Waals surface area (Å²) < 4.78 is 47.4. The molecule has 0 spiro atoms. The molecule has 0 aliphatic heterocycles. The second-order valence-corrected chi connectivity index (χ2v) is 5.56. The van der Waals surface area contributed by atoms with Crippen LogP contribution < -0.4 is 14.8 Å². The highest BCUT2D eigenvalue weighted by Crippen LogP contribution is 2.39. The van der Waals surface area contributed by atoms with Gasteiger partial charge in [-0.15, -0.1) is 11.3 Å². The maximum atomic E-state index is 12.4. The van der Waals surface area contributed by atoms with Crippen molar-refractivity contribution >= 4 is 28.2 Å². The average Bonchev–Trinajstić information content (AvgIpc) is 2.97. The number of nitrogens with one attached hydrogen (secondary N) is 1. The van der Waals surface area contributed by atoms with Gasteiger partial charge in [-0.3, -0.25) is 4.79 Å². The van der Waals surface area contributed by atoms with E-state index in [1.807, 2.05) is 0 Å². The maximum absolute atomic E-state index is 12.4. The Labute approximate surface area is 143 Å². The topological polar surface area (TPSA) is 84.9 Å². The SMILES string of the molecule is COc1ccc(-c2csc(NC(=O)C(F)(F)F)c2C(=O)O)cc1OC. The van der Waals surface area contributed by atoms with Gasteiger partial charge in [-0.25, -0.2) is 4.79 Å². The molecule has 0 atom stereocenters. The number of hydrogen-bond donors (Lipinski definition) is 2. The Morgan fingerprint density at radius 1 is 1.16 bits per heavy atom. The number of rotatable bonds is 5. The van der Waals surface area contributed by atoms with Crippen LogP contribution in [0.4, 0.5) is 18.2 Å². The van der Waals surface area contributed by atoms with Crippen LogP contribution in [-0.2, 0) is 4.79 Å². The van der Waals surface area contributed by atoms with Gasteiger partial charge in [-0.2, -0.15) is 13.2 Å². The standard InChI is InChI=1S/C15H12F3NO5S/c1-23-9-4-3-7(5-10(9)24-2)8-6-25-12(11(8)13(20)21)19-14(22)15(16,17)18/h3-6H,1-2H3,(H,19,22)(H,20,21). The van der Waals surface area contributed by atoms with E-state index in [2.05, 4.69) is 0 Å². The van der Waals surface area contributed by atoms with E-state index in [1.54, 1.807) is 5.32 Å². The van der Waals surface area contributed by atoms with Crippen molar-refractivity contribution in [3.8, 4) is 22.6 Å². The fourth-order valence-electron chi connectivity index (χ4n) is 2.05. The number of carboxylic acid groups (broad SMARTS) is 1. The summed E-state index contributed by atoms with van der Waals surface area (Å²) in [7, 11) is 2.82. The molecule has 0 aliphatic rings. The summed E-state index contributed by atoms with van der Waals surface area (Å²) in [5.74, 6) is -2.98. The molecule has 1 amide bonds. The highest BCUT2D eigenvalue weighted by atomic mass is 32.1. The van der Waals surface area contributed by atoms with E-state index in [-0.39, 0.29) is 5.56 Å². The Morgan fingerprint density at radius 3 is 2.32 bits per heavy atom. The van der Waals surface area contributed by atoms with Gasteiger partial charge in [0, 0.05) is 10.9 Å². The van der Waals surface area contributed by atoms with Gasteiger partial charge in [0.2, 0.25) is 0 Å². The van der Waals surface area contributed by atoms with Crippen LogP contribution >= 0.6 is 11.3 Å². The number of ether oxygens (including phenoxy) is 2. The van der Waals surface area contributed by atoms with Gasteiger partial charge < -0.3 is 19.9 Å². The lowest BCUT2D eigenvalue weighted by molar-refractivity contribution is -0.167. The molecule has 0 bridgehead atoms. The number of amides is 1. The number of alkyl halides is 3. The number of anilines is 1. The molecule has 134 valence electrons. The molecule has 1 aromatic heterocycles. The lowest BCUT2D eigenvalue weighted by atomic mass is 10.0. The Bertz CT molecular complexity index is 816. The lowest BCUT2D eigenvalue weighted by Gasteiger charge is -2.10. The largest absolute Gasteiger partial charge is 0.493 e. The van der Waals surface area contributed by atoms with Gasteiger partial charge in [-0.1, -0.05) is 6.07 Å². The molecule has 2 aromatic rings. The number of halogens is 3. The number of aromatic carboxylic acids is 1. The number of carbonyl (C=O) groups is 2. The molecule has 2 N–H and O–H groups in total. The highest BCUT2D eigenvalue weighted by molar-refractivity contribution is 7.15. The van der Waals surface area contributed by atoms with Crippen LogP contribution in [0.3, 0.4) is 0 Å². The van der Waals surface area contributed by atoms with Crippen molar-refractivity contribution in [3.05, 3.63) is 29.1 Å². The van der Waals surface area contributed by atoms with Crippen LogP contribution in [-0.4, -0.2) is 37.4 Å². The molecular weight excluding hydrogens is 363 g/mol. The monoisotopic (exact) mass is 375 g/mol. The van der Waals surface area contributed by atoms with Crippen LogP contribution in [0.25, 0.3) is 11.1 Å². The summed E-state index contributed by atoms with van der Waals surface area (Å²) in [6.45, 7) is 0. The van der Waals surface area contributed by atoms with Crippen molar-refractivity contribution in [2.75, 3.05) is 19.5 Å². The fraction of sp³-hybridized carbons (Fsp3) is 0.200. The zero-order valence-electron chi connectivity index (χ0n) is 12.9. The normalized spacial score (nSPS) is 11.1. The molecule has 0 radical (unpaired) electrons. The lowest BCUT2D eigenvalue weighted by Crippen LogP contribution is -2.30. The molecule has 1 aromatic carbocycles. The number of hydrogen-bond acceptors (Lipinski definition) is 5. The van der Waals surface area contributed by atoms with Crippen molar-refractivity contribution in [1.29, 1.82) is 0 Å². The van der Waals surface area contributed by atoms with Gasteiger partial charge >= 0.3 is 18.1 Å². The van der Waals surface area contributed by atoms with E-state index >= 15 is 0 Å². The summed E-state index contributed by atoms with van der Waals surface area (Å²) in [6, 6.07) is 4.55. The molecular formula is C15H12F3NO5S. The zero-order chi connectivity index (χ0) is 18.8. The number of thiophene rings is 1. The number of benzene rings is 1. The second-order valence-electron chi connectivity index (χ2n) is 4.68. The number of carboxylic acids is 1. The third-order valence-corrected chi connectivity index (χ3v) is 4.08. The third kappa shape index (κ3) is 3.85. The first-order chi connectivity index (χ1) is 11.7. The second kappa shape index (κ2) is 7.01. The van der Waals surface area contributed by atoms with Crippen LogP contribution in [0, 0.1) is 0 Å². The minimum absolute atomic E-state index is 0.149. The van der Waals surface area contributed by atoms with Crippen molar-refractivity contribution in [3.63, 3.8) is 0 Å². The van der Waals surface area contributed by atoms with Crippen molar-refractivity contribution in [2.24, 2.45) is 0 Å². The summed E-state index contributed by atoms with van der Waals surface area (Å²) in [5.41, 5.74) is 0.101. The number of methoxy groups -OCH3 is 2. The molecule has 0 aliphatic carbocycles. The molecule has 25 heavy (non-hydrogen) atoms. The van der Waals surface area contributed by atoms with Crippen LogP contribution in [0.15, 0.2) is 23.6 Å². The summed E-state index contributed by atoms with van der Waals surface area (Å²) in [6.07, 6.45) is -5.12. The van der Waals surface area contributed by atoms with E-state index in [9.17, 15) is 27.9 Å². The van der Waals surface area contributed by atoms with Crippen molar-refractivity contribution < 1.29 is 37.3 Å². The van der Waals surface area contributed by atoms with Crippen LogP contribution in [0.5, 0.6) is 11.5 Å². The van der Waals surface area contributed by atoms with E-state index in [0.29, 0.717) is 28.4 Å². The Hall–Kier alpha value is -2.75. The Balaban J connectivity index is 2.50. The molecule has 0 fully saturated rings. The van der Waals surface area contributed by atoms with Gasteiger partial charge in [0.25, 0.3) is 0 Å². The first kappa shape index (κ1) is 18.6. The smallest absolute Gasteiger partial charge is 0.471 e. The molecule has 2 rings (SSSR count). The van der Waals surface area contributed by atoms with E-state index < -0.39 is 28.6 Å². The molecule has 0 saturated carbocycles. The predicted octanol–water partition coefficient (Wildman–Crippen LogP) is 3.63. The van der Waals surface area contributed by atoms with Gasteiger partial charge in [-0.05, 0) is 17.7 Å². The molecule has 1 heterocycles. The van der Waals surface area contributed by atoms with E-state index in [4.69, 9.17) is 9.47 Å². The minimum atomic E-state index is -5.12. The van der Waals surface area contributed by atoms with E-state index in [0.717, 1.165) is 0 Å². The number of carbonyl (C=O) groups excluding carboxylic acids is 1. The summed E-state index contributed by atoms with van der Waals surface area (Å²) in [4.78, 5) is 22.6. The first-order valence-corrected chi connectivity index (χ1v) is 7.52. The summed E-state index contributed by atoms with van der Waals surface area (Å²) in [5, 5.41) is 11.9. The van der Waals surface area contributed by atoms with Crippen molar-refractivity contribution in [2.45, 2.75) is 6.18 Å². The van der Waals surface area contributed by atoms with Crippen LogP contribution in [0.1, 0.15) is 10.4 Å². The third-order valence-electron chi connectivity index (χ3n) is 3.18. The molecule has 10 heteroatoms. The molecule has 0 saturated heterocycles. The zero-order valence-corrected chi connectivity index (χ0v) is 13.7. The van der Waals surface area contributed by atoms with E-state index in [1.165, 1.54) is 37.8 Å². The highest BCUT2D eigenvalue weighted by Gasteiger charge is 2.39. The van der Waals surface area contributed by atoms with Gasteiger partial charge in [0.1, 0.15) is 10.6 Å². The predicted molar refractivity (Wildman–Crippen MR) is 84.5 cm³/mol. The quantitative estimate of drug-likeness (QED) is 0.834. The average molecular weight is 375 g/mol. The minimum Gasteiger partial charge on any atom is -0.493 e. The van der Waals surface area contributed by atoms with Crippen molar-refractivity contribution in [1.82, 2.24) is 0 Å². The Morgan fingerprint density at radius 2 is 1.80 bits per heavy atom. The summed E-state index contributed by atoms with van der Waals surface area (Å²) >= 11 is 0.682. The maximum Gasteiger partial charge on any atom is 0.471 e. The Kier molecular flexibility index (Phi) is 5.21. The first-order valence-electron chi connectivity index (χ1n) is 6.64. The molecule has 0 unspecified atom stereocenters. The van der Waals surface area contributed by atoms with Gasteiger partial charge in [0.15, 0.2) is 11.5 Å². The molecule has 6 nitrogen and oxygen atoms in total. The van der Waals surface area contributed by atoms with Crippen LogP contribution in [0.2, 0.25) is 0 Å². The van der Waals surface area contributed by atoms with Gasteiger partial charge in [0.05, 0.1) is 14.2 Å². The fourth-order valence-corrected chi connectivity index (χ4v) is 3.01.